The molecule has 0 unspecified atom stereocenters. The minimum absolute atomic E-state index is 0.00803. The maximum Gasteiger partial charge on any atom is 0.303 e. The Hall–Kier alpha value is -1.75. The van der Waals surface area contributed by atoms with Crippen LogP contribution in [-0.2, 0) is 23.9 Å². The summed E-state index contributed by atoms with van der Waals surface area (Å²) in [5, 5.41) is 14.1. The van der Waals surface area contributed by atoms with Crippen molar-refractivity contribution in [3.63, 3.8) is 0 Å². The van der Waals surface area contributed by atoms with Crippen LogP contribution in [-0.4, -0.2) is 75.0 Å². The Balaban J connectivity index is 3.33. The van der Waals surface area contributed by atoms with Gasteiger partial charge < -0.3 is 36.7 Å². The third-order valence-corrected chi connectivity index (χ3v) is 5.10. The number of carboxylic acids is 1. The van der Waals surface area contributed by atoms with Gasteiger partial charge in [-0.1, -0.05) is 44.9 Å². The third kappa shape index (κ3) is 23.2. The Morgan fingerprint density at radius 3 is 2.06 bits per heavy atom. The molecule has 0 spiro atoms. The lowest BCUT2D eigenvalue weighted by Crippen LogP contribution is -2.41. The van der Waals surface area contributed by atoms with E-state index < -0.39 is 12.0 Å². The molecule has 33 heavy (non-hydrogen) atoms. The summed E-state index contributed by atoms with van der Waals surface area (Å²) in [7, 11) is 0. The Morgan fingerprint density at radius 2 is 1.39 bits per heavy atom. The van der Waals surface area contributed by atoms with Crippen molar-refractivity contribution in [2.75, 3.05) is 46.1 Å². The average molecular weight is 475 g/mol. The van der Waals surface area contributed by atoms with Crippen molar-refractivity contribution in [3.05, 3.63) is 0 Å². The van der Waals surface area contributed by atoms with Crippen LogP contribution in [0.4, 0.5) is 0 Å². The average Bonchev–Trinajstić information content (AvgIpc) is 2.78. The molecule has 0 saturated carbocycles. The number of carboxylic acid groups (broad SMARTS) is 1. The normalized spacial score (nSPS) is 11.8. The van der Waals surface area contributed by atoms with Crippen molar-refractivity contribution < 1.29 is 29.0 Å². The summed E-state index contributed by atoms with van der Waals surface area (Å²) in [5.41, 5.74) is 11.2. The molecule has 1 atom stereocenters. The summed E-state index contributed by atoms with van der Waals surface area (Å²) in [4.78, 5) is 33.9. The number of unbranched alkanes of at least 4 members (excludes halogenated alkanes) is 8. The van der Waals surface area contributed by atoms with Gasteiger partial charge in [0.2, 0.25) is 11.8 Å². The van der Waals surface area contributed by atoms with E-state index in [0.717, 1.165) is 64.2 Å². The second-order valence-electron chi connectivity index (χ2n) is 8.17. The second kappa shape index (κ2) is 23.4. The lowest BCUT2D eigenvalue weighted by atomic mass is 10.1. The smallest absolute Gasteiger partial charge is 0.303 e. The lowest BCUT2D eigenvalue weighted by Gasteiger charge is -2.12. The molecule has 10 heteroatoms. The number of amides is 2. The number of hydrogen-bond donors (Lipinski definition) is 5. The molecule has 0 bridgehead atoms. The fraction of sp³-hybridized carbons (Fsp3) is 0.870. The van der Waals surface area contributed by atoms with Crippen molar-refractivity contribution in [1.82, 2.24) is 10.6 Å². The van der Waals surface area contributed by atoms with Crippen LogP contribution in [0.15, 0.2) is 0 Å². The number of nitrogens with two attached hydrogens (primary N) is 2. The first-order valence-corrected chi connectivity index (χ1v) is 12.3. The van der Waals surface area contributed by atoms with E-state index in [-0.39, 0.29) is 24.8 Å². The van der Waals surface area contributed by atoms with Gasteiger partial charge in [0.05, 0.1) is 25.9 Å². The maximum absolute atomic E-state index is 11.8. The molecular weight excluding hydrogens is 428 g/mol. The molecule has 0 rings (SSSR count). The third-order valence-electron chi connectivity index (χ3n) is 5.10. The highest BCUT2D eigenvalue weighted by Crippen LogP contribution is 2.09. The topological polar surface area (TPSA) is 166 Å². The minimum Gasteiger partial charge on any atom is -0.481 e. The second-order valence-corrected chi connectivity index (χ2v) is 8.17. The Kier molecular flexibility index (Phi) is 22.2. The monoisotopic (exact) mass is 474 g/mol. The van der Waals surface area contributed by atoms with E-state index in [4.69, 9.17) is 26.0 Å². The van der Waals surface area contributed by atoms with Gasteiger partial charge in [-0.2, -0.15) is 0 Å². The van der Waals surface area contributed by atoms with Crippen molar-refractivity contribution in [3.8, 4) is 0 Å². The summed E-state index contributed by atoms with van der Waals surface area (Å²) >= 11 is 0. The van der Waals surface area contributed by atoms with Crippen LogP contribution in [0.25, 0.3) is 0 Å². The SMILES string of the molecule is NCCCC[C@H](N)C(=O)NCCOCCOCC(=O)NCCCCCCCCCCC(=O)O. The van der Waals surface area contributed by atoms with Gasteiger partial charge in [-0.15, -0.1) is 0 Å². The van der Waals surface area contributed by atoms with Gasteiger partial charge in [-0.25, -0.2) is 0 Å². The van der Waals surface area contributed by atoms with Gasteiger partial charge in [0.1, 0.15) is 6.61 Å². The summed E-state index contributed by atoms with van der Waals surface area (Å²) < 4.78 is 10.6. The molecule has 10 nitrogen and oxygen atoms in total. The molecule has 194 valence electrons. The molecule has 0 heterocycles. The predicted octanol–water partition coefficient (Wildman–Crippen LogP) is 1.30. The summed E-state index contributed by atoms with van der Waals surface area (Å²) in [6.07, 6.45) is 10.8. The first-order valence-electron chi connectivity index (χ1n) is 12.3. The predicted molar refractivity (Wildman–Crippen MR) is 128 cm³/mol. The molecule has 7 N–H and O–H groups in total. The Labute approximate surface area is 198 Å². The quantitative estimate of drug-likeness (QED) is 0.131. The first-order chi connectivity index (χ1) is 16.0. The van der Waals surface area contributed by atoms with Gasteiger partial charge in [0.25, 0.3) is 0 Å². The van der Waals surface area contributed by atoms with Crippen LogP contribution in [0.1, 0.15) is 77.0 Å². The number of hydrogen-bond acceptors (Lipinski definition) is 7. The molecular formula is C23H46N4O6. The maximum atomic E-state index is 11.8. The highest BCUT2D eigenvalue weighted by Gasteiger charge is 2.11. The zero-order valence-corrected chi connectivity index (χ0v) is 20.2. The number of carbonyl (C=O) groups excluding carboxylic acids is 2. The van der Waals surface area contributed by atoms with E-state index in [1.54, 1.807) is 0 Å². The van der Waals surface area contributed by atoms with Gasteiger partial charge in [0.15, 0.2) is 0 Å². The number of rotatable bonds is 24. The number of carbonyl (C=O) groups is 3. The van der Waals surface area contributed by atoms with Gasteiger partial charge >= 0.3 is 5.97 Å². The largest absolute Gasteiger partial charge is 0.481 e. The molecule has 0 aliphatic carbocycles. The Bertz CT molecular complexity index is 507. The van der Waals surface area contributed by atoms with E-state index in [1.165, 1.54) is 0 Å². The summed E-state index contributed by atoms with van der Waals surface area (Å²) in [6, 6.07) is -0.514. The van der Waals surface area contributed by atoms with Crippen LogP contribution in [0.3, 0.4) is 0 Å². The van der Waals surface area contributed by atoms with E-state index in [1.807, 2.05) is 0 Å². The van der Waals surface area contributed by atoms with Crippen LogP contribution < -0.4 is 22.1 Å². The lowest BCUT2D eigenvalue weighted by molar-refractivity contribution is -0.137. The molecule has 0 saturated heterocycles. The molecule has 0 aliphatic rings. The molecule has 0 aromatic rings. The first kappa shape index (κ1) is 31.2. The minimum atomic E-state index is -0.718. The van der Waals surface area contributed by atoms with Gasteiger partial charge in [-0.05, 0) is 32.2 Å². The van der Waals surface area contributed by atoms with E-state index in [9.17, 15) is 14.4 Å². The molecule has 2 amide bonds. The van der Waals surface area contributed by atoms with Crippen LogP contribution in [0.2, 0.25) is 0 Å². The van der Waals surface area contributed by atoms with Crippen LogP contribution in [0, 0.1) is 0 Å². The van der Waals surface area contributed by atoms with Crippen molar-refractivity contribution in [2.24, 2.45) is 11.5 Å². The molecule has 0 aromatic carbocycles. The van der Waals surface area contributed by atoms with E-state index >= 15 is 0 Å². The fourth-order valence-corrected chi connectivity index (χ4v) is 3.14. The molecule has 0 radical (unpaired) electrons. The van der Waals surface area contributed by atoms with Crippen molar-refractivity contribution in [2.45, 2.75) is 83.1 Å². The standard InChI is InChI=1S/C23H46N4O6/c24-13-9-8-11-20(25)23(31)27-15-16-32-17-18-33-19-21(28)26-14-10-6-4-2-1-3-5-7-12-22(29)30/h20H,1-19,24-25H2,(H,26,28)(H,27,31)(H,29,30)/t20-/m0/s1. The van der Waals surface area contributed by atoms with E-state index in [2.05, 4.69) is 10.6 Å². The molecule has 0 aliphatic heterocycles. The number of ether oxygens (including phenoxy) is 2. The van der Waals surface area contributed by atoms with Crippen LogP contribution in [0.5, 0.6) is 0 Å². The Morgan fingerprint density at radius 1 is 0.758 bits per heavy atom. The number of aliphatic carboxylic acids is 1. The van der Waals surface area contributed by atoms with Crippen molar-refractivity contribution in [1.29, 1.82) is 0 Å². The van der Waals surface area contributed by atoms with Crippen molar-refractivity contribution >= 4 is 17.8 Å². The zero-order valence-electron chi connectivity index (χ0n) is 20.2. The van der Waals surface area contributed by atoms with Gasteiger partial charge in [-0.3, -0.25) is 14.4 Å². The summed E-state index contributed by atoms with van der Waals surface area (Å²) in [5.74, 6) is -1.04. The fourth-order valence-electron chi connectivity index (χ4n) is 3.14. The van der Waals surface area contributed by atoms with E-state index in [0.29, 0.717) is 45.9 Å². The molecule has 0 aromatic heterocycles. The molecule has 0 fully saturated rings. The number of nitrogens with one attached hydrogen (secondary N) is 2. The van der Waals surface area contributed by atoms with Gasteiger partial charge in [0, 0.05) is 19.5 Å². The summed E-state index contributed by atoms with van der Waals surface area (Å²) in [6.45, 7) is 2.66. The zero-order chi connectivity index (χ0) is 24.6. The highest BCUT2D eigenvalue weighted by molar-refractivity contribution is 5.81. The highest BCUT2D eigenvalue weighted by atomic mass is 16.5. The van der Waals surface area contributed by atoms with Crippen LogP contribution >= 0.6 is 0 Å².